The lowest BCUT2D eigenvalue weighted by Gasteiger charge is -2.36. The lowest BCUT2D eigenvalue weighted by Crippen LogP contribution is -2.48. The molecule has 4 aromatic rings. The van der Waals surface area contributed by atoms with Gasteiger partial charge in [-0.15, -0.1) is 10.2 Å². The summed E-state index contributed by atoms with van der Waals surface area (Å²) in [5.41, 5.74) is 3.01. The molecule has 0 unspecified atom stereocenters. The van der Waals surface area contributed by atoms with Gasteiger partial charge in [-0.25, -0.2) is 4.39 Å². The third-order valence-corrected chi connectivity index (χ3v) is 7.35. The van der Waals surface area contributed by atoms with E-state index >= 15 is 0 Å². The first-order valence-electron chi connectivity index (χ1n) is 11.9. The van der Waals surface area contributed by atoms with E-state index in [0.29, 0.717) is 29.9 Å². The van der Waals surface area contributed by atoms with Crippen LogP contribution in [0.3, 0.4) is 0 Å². The monoisotopic (exact) mass is 595 g/mol. The Labute approximate surface area is 231 Å². The number of nitrogens with one attached hydrogen (secondary N) is 1. The van der Waals surface area contributed by atoms with E-state index in [0.717, 1.165) is 35.0 Å². The van der Waals surface area contributed by atoms with Gasteiger partial charge in [-0.05, 0) is 72.8 Å². The third kappa shape index (κ3) is 6.40. The molecule has 1 saturated heterocycles. The van der Waals surface area contributed by atoms with Crippen molar-refractivity contribution in [1.82, 2.24) is 15.1 Å². The quantitative estimate of drug-likeness (QED) is 0.289. The molecule has 0 atom stereocenters. The number of thioether (sulfide) groups is 1. The Morgan fingerprint density at radius 2 is 1.61 bits per heavy atom. The molecule has 5 rings (SSSR count). The number of anilines is 2. The molecule has 1 fully saturated rings. The van der Waals surface area contributed by atoms with Crippen LogP contribution >= 0.6 is 27.7 Å². The highest BCUT2D eigenvalue weighted by Crippen LogP contribution is 2.24. The molecule has 0 spiro atoms. The van der Waals surface area contributed by atoms with Gasteiger partial charge in [-0.3, -0.25) is 9.59 Å². The second-order valence-corrected chi connectivity index (χ2v) is 10.4. The summed E-state index contributed by atoms with van der Waals surface area (Å²) in [6.07, 6.45) is 0. The molecule has 1 aliphatic rings. The van der Waals surface area contributed by atoms with Crippen molar-refractivity contribution in [2.24, 2.45) is 0 Å². The molecule has 2 amide bonds. The maximum Gasteiger partial charge on any atom is 0.277 e. The van der Waals surface area contributed by atoms with Crippen LogP contribution in [-0.4, -0.2) is 58.8 Å². The molecule has 0 radical (unpaired) electrons. The van der Waals surface area contributed by atoms with Crippen molar-refractivity contribution in [3.63, 3.8) is 0 Å². The van der Waals surface area contributed by atoms with Gasteiger partial charge in [-0.1, -0.05) is 27.7 Å². The summed E-state index contributed by atoms with van der Waals surface area (Å²) in [6.45, 7) is 2.75. The van der Waals surface area contributed by atoms with Crippen molar-refractivity contribution in [3.05, 3.63) is 88.6 Å². The number of carbonyl (C=O) groups excluding carboxylic acids is 2. The van der Waals surface area contributed by atoms with Gasteiger partial charge in [0.1, 0.15) is 5.82 Å². The average Bonchev–Trinajstić information content (AvgIpc) is 3.42. The van der Waals surface area contributed by atoms with E-state index in [2.05, 4.69) is 36.3 Å². The number of hydrogen-bond donors (Lipinski definition) is 1. The molecule has 194 valence electrons. The standard InChI is InChI=1S/C27H23BrFN5O3S/c28-20-5-1-19(2-6-20)26(36)34-15-13-33(14-16-34)23-11-9-22(10-12-23)30-24(35)17-38-27-32-31-25(37-27)18-3-7-21(29)8-4-18/h1-12H,13-17H2,(H,30,35). The number of hydrogen-bond acceptors (Lipinski definition) is 7. The molecule has 0 saturated carbocycles. The number of rotatable bonds is 7. The number of benzene rings is 3. The molecule has 2 heterocycles. The first-order valence-corrected chi connectivity index (χ1v) is 13.6. The largest absolute Gasteiger partial charge is 0.411 e. The number of carbonyl (C=O) groups is 2. The molecule has 11 heteroatoms. The van der Waals surface area contributed by atoms with E-state index in [1.807, 2.05) is 53.4 Å². The van der Waals surface area contributed by atoms with Crippen LogP contribution in [0.5, 0.6) is 0 Å². The summed E-state index contributed by atoms with van der Waals surface area (Å²) in [6, 6.07) is 20.8. The summed E-state index contributed by atoms with van der Waals surface area (Å²) < 4.78 is 19.6. The van der Waals surface area contributed by atoms with Crippen LogP contribution in [0.1, 0.15) is 10.4 Å². The molecule has 8 nitrogen and oxygen atoms in total. The van der Waals surface area contributed by atoms with Crippen molar-refractivity contribution in [3.8, 4) is 11.5 Å². The van der Waals surface area contributed by atoms with Gasteiger partial charge >= 0.3 is 0 Å². The molecular formula is C27H23BrFN5O3S. The highest BCUT2D eigenvalue weighted by molar-refractivity contribution is 9.10. The molecular weight excluding hydrogens is 573 g/mol. The minimum Gasteiger partial charge on any atom is -0.411 e. The summed E-state index contributed by atoms with van der Waals surface area (Å²) in [5.74, 6) is -0.146. The Morgan fingerprint density at radius 3 is 2.29 bits per heavy atom. The second-order valence-electron chi connectivity index (χ2n) is 8.55. The van der Waals surface area contributed by atoms with Crippen LogP contribution < -0.4 is 10.2 Å². The average molecular weight is 596 g/mol. The van der Waals surface area contributed by atoms with Crippen molar-refractivity contribution in [1.29, 1.82) is 0 Å². The first kappa shape index (κ1) is 25.9. The fraction of sp³-hybridized carbons (Fsp3) is 0.185. The lowest BCUT2D eigenvalue weighted by molar-refractivity contribution is -0.113. The number of nitrogens with zero attached hydrogens (tertiary/aromatic N) is 4. The molecule has 0 bridgehead atoms. The van der Waals surface area contributed by atoms with Gasteiger partial charge in [0.25, 0.3) is 11.1 Å². The van der Waals surface area contributed by atoms with Crippen molar-refractivity contribution in [2.75, 3.05) is 42.1 Å². The Hall–Kier alpha value is -3.70. The summed E-state index contributed by atoms with van der Waals surface area (Å²) in [4.78, 5) is 29.3. The topological polar surface area (TPSA) is 91.6 Å². The molecule has 38 heavy (non-hydrogen) atoms. The van der Waals surface area contributed by atoms with E-state index in [1.165, 1.54) is 12.1 Å². The van der Waals surface area contributed by atoms with E-state index in [4.69, 9.17) is 4.42 Å². The smallest absolute Gasteiger partial charge is 0.277 e. The third-order valence-electron chi connectivity index (χ3n) is 6.00. The number of piperazine rings is 1. The molecule has 1 aliphatic heterocycles. The van der Waals surface area contributed by atoms with Crippen LogP contribution in [0.15, 0.2) is 86.9 Å². The van der Waals surface area contributed by atoms with Crippen molar-refractivity contribution >= 4 is 50.9 Å². The summed E-state index contributed by atoms with van der Waals surface area (Å²) in [5, 5.41) is 11.0. The maximum absolute atomic E-state index is 13.1. The highest BCUT2D eigenvalue weighted by Gasteiger charge is 2.22. The van der Waals surface area contributed by atoms with E-state index in [1.54, 1.807) is 12.1 Å². The Morgan fingerprint density at radius 1 is 0.921 bits per heavy atom. The predicted molar refractivity (Wildman–Crippen MR) is 148 cm³/mol. The maximum atomic E-state index is 13.1. The molecule has 1 aromatic heterocycles. The first-order chi connectivity index (χ1) is 18.4. The van der Waals surface area contributed by atoms with Crippen LogP contribution in [0.2, 0.25) is 0 Å². The van der Waals surface area contributed by atoms with Crippen molar-refractivity contribution in [2.45, 2.75) is 5.22 Å². The van der Waals surface area contributed by atoms with E-state index in [-0.39, 0.29) is 34.5 Å². The van der Waals surface area contributed by atoms with Gasteiger partial charge in [0.15, 0.2) is 0 Å². The van der Waals surface area contributed by atoms with Gasteiger partial charge in [0, 0.05) is 53.2 Å². The van der Waals surface area contributed by atoms with Crippen LogP contribution in [0.4, 0.5) is 15.8 Å². The van der Waals surface area contributed by atoms with E-state index < -0.39 is 0 Å². The predicted octanol–water partition coefficient (Wildman–Crippen LogP) is 5.33. The zero-order valence-corrected chi connectivity index (χ0v) is 22.5. The fourth-order valence-electron chi connectivity index (χ4n) is 4.00. The second kappa shape index (κ2) is 11.8. The zero-order chi connectivity index (χ0) is 26.5. The fourth-order valence-corrected chi connectivity index (χ4v) is 4.83. The Bertz CT molecular complexity index is 1410. The van der Waals surface area contributed by atoms with Gasteiger partial charge < -0.3 is 19.5 Å². The Balaban J connectivity index is 1.08. The van der Waals surface area contributed by atoms with Gasteiger partial charge in [0.2, 0.25) is 11.8 Å². The number of halogens is 2. The van der Waals surface area contributed by atoms with Gasteiger partial charge in [-0.2, -0.15) is 0 Å². The molecule has 1 N–H and O–H groups in total. The van der Waals surface area contributed by atoms with Crippen LogP contribution in [0, 0.1) is 5.82 Å². The Kier molecular flexibility index (Phi) is 8.04. The summed E-state index contributed by atoms with van der Waals surface area (Å²) in [7, 11) is 0. The summed E-state index contributed by atoms with van der Waals surface area (Å²) >= 11 is 4.52. The number of amides is 2. The zero-order valence-electron chi connectivity index (χ0n) is 20.1. The van der Waals surface area contributed by atoms with Crippen LogP contribution in [-0.2, 0) is 4.79 Å². The highest BCUT2D eigenvalue weighted by atomic mass is 79.9. The van der Waals surface area contributed by atoms with Gasteiger partial charge in [0.05, 0.1) is 5.75 Å². The molecule has 0 aliphatic carbocycles. The number of aromatic nitrogens is 2. The minimum atomic E-state index is -0.348. The SMILES string of the molecule is O=C(CSc1nnc(-c2ccc(F)cc2)o1)Nc1ccc(N2CCN(C(=O)c3ccc(Br)cc3)CC2)cc1. The van der Waals surface area contributed by atoms with E-state index in [9.17, 15) is 14.0 Å². The minimum absolute atomic E-state index is 0.0419. The van der Waals surface area contributed by atoms with Crippen molar-refractivity contribution < 1.29 is 18.4 Å². The normalized spacial score (nSPS) is 13.4. The van der Waals surface area contributed by atoms with Crippen LogP contribution in [0.25, 0.3) is 11.5 Å². The lowest BCUT2D eigenvalue weighted by atomic mass is 10.1. The molecule has 3 aromatic carbocycles.